The molecule has 6 heteroatoms. The summed E-state index contributed by atoms with van der Waals surface area (Å²) in [7, 11) is 0. The molecular weight excluding hydrogens is 346 g/mol. The maximum Gasteiger partial charge on any atom is 0.210 e. The van der Waals surface area contributed by atoms with Crippen LogP contribution in [0.15, 0.2) is 53.5 Å². The average molecular weight is 358 g/mol. The Kier molecular flexibility index (Phi) is 4.31. The van der Waals surface area contributed by atoms with Gasteiger partial charge in [-0.1, -0.05) is 59.1 Å². The Balaban J connectivity index is 2.07. The van der Waals surface area contributed by atoms with Crippen molar-refractivity contribution in [3.63, 3.8) is 0 Å². The number of nitrogens with one attached hydrogen (secondary N) is 1. The molecule has 0 aliphatic carbocycles. The fourth-order valence-electron chi connectivity index (χ4n) is 2.34. The molecule has 1 N–H and O–H groups in total. The summed E-state index contributed by atoms with van der Waals surface area (Å²) in [5.41, 5.74) is 3.11. The van der Waals surface area contributed by atoms with Crippen LogP contribution in [0.25, 0.3) is 0 Å². The predicted octanol–water partition coefficient (Wildman–Crippen LogP) is 5.50. The average Bonchev–Trinajstić information content (AvgIpc) is 2.67. The third-order valence-electron chi connectivity index (χ3n) is 3.46. The number of hydrogen-bond acceptors (Lipinski definition) is 2. The highest BCUT2D eigenvalue weighted by Crippen LogP contribution is 2.39. The van der Waals surface area contributed by atoms with E-state index in [-0.39, 0.29) is 5.82 Å². The Morgan fingerprint density at radius 1 is 1.05 bits per heavy atom. The third kappa shape index (κ3) is 3.37. The van der Waals surface area contributed by atoms with Gasteiger partial charge in [0.05, 0.1) is 23.1 Å². The molecular formula is C16H12Cl3FN2. The molecule has 3 rings (SSSR count). The maximum absolute atomic E-state index is 13.1. The smallest absolute Gasteiger partial charge is 0.210 e. The molecule has 0 fully saturated rings. The first-order valence-electron chi connectivity index (χ1n) is 6.69. The summed E-state index contributed by atoms with van der Waals surface area (Å²) in [5.74, 6) is -0.297. The highest BCUT2D eigenvalue weighted by atomic mass is 35.6. The van der Waals surface area contributed by atoms with E-state index in [1.165, 1.54) is 12.1 Å². The number of nitrogens with zero attached hydrogens (tertiary/aromatic N) is 1. The van der Waals surface area contributed by atoms with Gasteiger partial charge in [0.25, 0.3) is 0 Å². The first-order chi connectivity index (χ1) is 10.4. The monoisotopic (exact) mass is 356 g/mol. The van der Waals surface area contributed by atoms with Crippen molar-refractivity contribution in [2.45, 2.75) is 16.3 Å². The zero-order valence-corrected chi connectivity index (χ0v) is 13.6. The van der Waals surface area contributed by atoms with Crippen molar-refractivity contribution in [3.05, 3.63) is 59.9 Å². The highest BCUT2D eigenvalue weighted by Gasteiger charge is 2.35. The molecule has 0 bridgehead atoms. The first kappa shape index (κ1) is 15.6. The fourth-order valence-corrected chi connectivity index (χ4v) is 2.73. The van der Waals surface area contributed by atoms with Gasteiger partial charge in [0, 0.05) is 6.42 Å². The number of aliphatic imine (C=N–C) groups is 1. The zero-order valence-electron chi connectivity index (χ0n) is 11.4. The normalized spacial score (nSPS) is 18.0. The summed E-state index contributed by atoms with van der Waals surface area (Å²) < 4.78 is 11.6. The number of anilines is 1. The van der Waals surface area contributed by atoms with Gasteiger partial charge in [0.2, 0.25) is 3.79 Å². The van der Waals surface area contributed by atoms with Crippen LogP contribution >= 0.6 is 34.8 Å². The molecule has 1 heterocycles. The van der Waals surface area contributed by atoms with Crippen LogP contribution in [-0.4, -0.2) is 15.5 Å². The minimum Gasteiger partial charge on any atom is -0.376 e. The lowest BCUT2D eigenvalue weighted by Gasteiger charge is -2.25. The van der Waals surface area contributed by atoms with Crippen molar-refractivity contribution in [3.8, 4) is 0 Å². The molecule has 0 unspecified atom stereocenters. The lowest BCUT2D eigenvalue weighted by molar-refractivity contribution is 0.627. The molecule has 2 aromatic carbocycles. The molecule has 0 amide bonds. The van der Waals surface area contributed by atoms with Gasteiger partial charge >= 0.3 is 0 Å². The fraction of sp³-hybridized carbons (Fsp3) is 0.188. The van der Waals surface area contributed by atoms with E-state index in [0.29, 0.717) is 6.42 Å². The molecule has 1 atom stereocenters. The Bertz CT molecular complexity index is 708. The minimum absolute atomic E-state index is 0.297. The first-order valence-corrected chi connectivity index (χ1v) is 7.82. The SMILES string of the molecule is Fc1ccc(C2=Nc3ccccc3N[C@H](C(Cl)(Cl)Cl)C2)cc1. The van der Waals surface area contributed by atoms with Gasteiger partial charge in [-0.05, 0) is 29.8 Å². The number of alkyl halides is 3. The van der Waals surface area contributed by atoms with Crippen molar-refractivity contribution >= 4 is 51.9 Å². The second-order valence-corrected chi connectivity index (χ2v) is 7.39. The van der Waals surface area contributed by atoms with Crippen LogP contribution in [0.3, 0.4) is 0 Å². The number of benzene rings is 2. The van der Waals surface area contributed by atoms with Gasteiger partial charge < -0.3 is 5.32 Å². The summed E-state index contributed by atoms with van der Waals surface area (Å²) in [4.78, 5) is 4.66. The molecule has 0 saturated carbocycles. The van der Waals surface area contributed by atoms with E-state index in [9.17, 15) is 4.39 Å². The highest BCUT2D eigenvalue weighted by molar-refractivity contribution is 6.68. The summed E-state index contributed by atoms with van der Waals surface area (Å²) in [6.07, 6.45) is 0.414. The number of para-hydroxylation sites is 2. The van der Waals surface area contributed by atoms with Crippen molar-refractivity contribution in [1.82, 2.24) is 0 Å². The number of rotatable bonds is 1. The molecule has 1 aliphatic rings. The number of fused-ring (bicyclic) bond motifs is 1. The second kappa shape index (κ2) is 6.07. The van der Waals surface area contributed by atoms with E-state index in [1.54, 1.807) is 12.1 Å². The van der Waals surface area contributed by atoms with Crippen LogP contribution < -0.4 is 5.32 Å². The summed E-state index contributed by atoms with van der Waals surface area (Å²) in [6, 6.07) is 13.3. The summed E-state index contributed by atoms with van der Waals surface area (Å²) >= 11 is 18.2. The van der Waals surface area contributed by atoms with Gasteiger partial charge in [-0.2, -0.15) is 0 Å². The number of hydrogen-bond donors (Lipinski definition) is 1. The van der Waals surface area contributed by atoms with Gasteiger partial charge in [0.1, 0.15) is 5.82 Å². The van der Waals surface area contributed by atoms with E-state index >= 15 is 0 Å². The van der Waals surface area contributed by atoms with Crippen molar-refractivity contribution < 1.29 is 4.39 Å². The molecule has 0 radical (unpaired) electrons. The van der Waals surface area contributed by atoms with Gasteiger partial charge in [0.15, 0.2) is 0 Å². The molecule has 0 saturated heterocycles. The molecule has 114 valence electrons. The van der Waals surface area contributed by atoms with E-state index < -0.39 is 9.83 Å². The minimum atomic E-state index is -1.49. The van der Waals surface area contributed by atoms with E-state index in [0.717, 1.165) is 22.6 Å². The standard InChI is InChI=1S/C16H12Cl3FN2/c17-16(18,19)15-9-14(10-5-7-11(20)8-6-10)21-12-3-1-2-4-13(12)22-15/h1-8,15,22H,9H2/t15-/m0/s1. The zero-order chi connectivity index (χ0) is 15.7. The Morgan fingerprint density at radius 2 is 1.73 bits per heavy atom. The van der Waals surface area contributed by atoms with Gasteiger partial charge in [-0.3, -0.25) is 4.99 Å². The molecule has 0 spiro atoms. The molecule has 2 aromatic rings. The van der Waals surface area contributed by atoms with E-state index in [1.807, 2.05) is 24.3 Å². The molecule has 1 aliphatic heterocycles. The Morgan fingerprint density at radius 3 is 2.41 bits per heavy atom. The molecule has 2 nitrogen and oxygen atoms in total. The molecule has 0 aromatic heterocycles. The van der Waals surface area contributed by atoms with E-state index in [4.69, 9.17) is 34.8 Å². The maximum atomic E-state index is 13.1. The lowest BCUT2D eigenvalue weighted by atomic mass is 10.0. The second-order valence-electron chi connectivity index (χ2n) is 5.03. The predicted molar refractivity (Wildman–Crippen MR) is 91.4 cm³/mol. The van der Waals surface area contributed by atoms with Crippen LogP contribution in [0.5, 0.6) is 0 Å². The van der Waals surface area contributed by atoms with Crippen LogP contribution in [0, 0.1) is 5.82 Å². The Labute approximate surface area is 142 Å². The Hall–Kier alpha value is -1.29. The van der Waals surface area contributed by atoms with Crippen molar-refractivity contribution in [1.29, 1.82) is 0 Å². The summed E-state index contributed by atoms with van der Waals surface area (Å²) in [5, 5.41) is 3.23. The van der Waals surface area contributed by atoms with Crippen molar-refractivity contribution in [2.24, 2.45) is 4.99 Å². The van der Waals surface area contributed by atoms with Crippen LogP contribution in [0.1, 0.15) is 12.0 Å². The van der Waals surface area contributed by atoms with Gasteiger partial charge in [-0.15, -0.1) is 0 Å². The summed E-state index contributed by atoms with van der Waals surface area (Å²) in [6.45, 7) is 0. The largest absolute Gasteiger partial charge is 0.376 e. The van der Waals surface area contributed by atoms with Crippen LogP contribution in [0.2, 0.25) is 0 Å². The van der Waals surface area contributed by atoms with Crippen molar-refractivity contribution in [2.75, 3.05) is 5.32 Å². The quantitative estimate of drug-likeness (QED) is 0.669. The third-order valence-corrected chi connectivity index (χ3v) is 4.25. The number of halogens is 4. The van der Waals surface area contributed by atoms with Gasteiger partial charge in [-0.25, -0.2) is 4.39 Å². The lowest BCUT2D eigenvalue weighted by Crippen LogP contribution is -2.35. The van der Waals surface area contributed by atoms with Crippen LogP contribution in [0.4, 0.5) is 15.8 Å². The topological polar surface area (TPSA) is 24.4 Å². The van der Waals surface area contributed by atoms with E-state index in [2.05, 4.69) is 10.3 Å². The molecule has 22 heavy (non-hydrogen) atoms. The van der Waals surface area contributed by atoms with Crippen LogP contribution in [-0.2, 0) is 0 Å².